The fourth-order valence-corrected chi connectivity index (χ4v) is 1.21. The molecule has 1 fully saturated rings. The Morgan fingerprint density at radius 3 is 2.58 bits per heavy atom. The van der Waals surface area contributed by atoms with Crippen LogP contribution in [0.2, 0.25) is 0 Å². The second kappa shape index (κ2) is 7.17. The van der Waals surface area contributed by atoms with Gasteiger partial charge in [0.05, 0.1) is 0 Å². The van der Waals surface area contributed by atoms with Crippen LogP contribution in [0.15, 0.2) is 0 Å². The van der Waals surface area contributed by atoms with Crippen LogP contribution >= 0.6 is 0 Å². The average molecular weight is 426 g/mol. The normalized spacial score (nSPS) is 21.2. The summed E-state index contributed by atoms with van der Waals surface area (Å²) in [6, 6.07) is -0.0319. The van der Waals surface area contributed by atoms with Gasteiger partial charge in [-0.15, -0.1) is 6.04 Å². The summed E-state index contributed by atoms with van der Waals surface area (Å²) >= 11 is 0. The molecule has 0 aromatic carbocycles. The van der Waals surface area contributed by atoms with Gasteiger partial charge in [0.15, 0.2) is 0 Å². The summed E-state index contributed by atoms with van der Waals surface area (Å²) in [4.78, 5) is 12.8. The van der Waals surface area contributed by atoms with E-state index >= 15 is 0 Å². The molecule has 0 aliphatic carbocycles. The summed E-state index contributed by atoms with van der Waals surface area (Å²) < 4.78 is 0. The first-order valence-electron chi connectivity index (χ1n) is 3.73. The molecular weight excluding hydrogens is 413 g/mol. The van der Waals surface area contributed by atoms with Gasteiger partial charge in [-0.2, -0.15) is 0 Å². The van der Waals surface area contributed by atoms with E-state index in [1.54, 1.807) is 4.90 Å². The summed E-state index contributed by atoms with van der Waals surface area (Å²) in [5.41, 5.74) is 7.34. The van der Waals surface area contributed by atoms with Crippen molar-refractivity contribution in [1.29, 1.82) is 0 Å². The Morgan fingerprint density at radius 2 is 2.25 bits per heavy atom. The number of nitrogens with one attached hydrogen (secondary N) is 1. The summed E-state index contributed by atoms with van der Waals surface area (Å²) in [6.07, 6.45) is 1.43. The molecule has 0 saturated carbocycles. The Morgan fingerprint density at radius 1 is 1.67 bits per heavy atom. The molecule has 1 saturated heterocycles. The van der Waals surface area contributed by atoms with Crippen LogP contribution in [-0.2, 0) is 45.3 Å². The van der Waals surface area contributed by atoms with Crippen LogP contribution in [0.3, 0.4) is 0 Å². The van der Waals surface area contributed by atoms with E-state index in [1.165, 1.54) is 0 Å². The fraction of sp³-hybridized carbons (Fsp3) is 0.857. The topological polar surface area (TPSA) is 44.1 Å². The van der Waals surface area contributed by atoms with E-state index in [0.29, 0.717) is 13.0 Å². The van der Waals surface area contributed by atoms with E-state index in [-0.39, 0.29) is 52.5 Å². The molecule has 1 aliphatic rings. The summed E-state index contributed by atoms with van der Waals surface area (Å²) in [5.74, 6) is 0.190. The van der Waals surface area contributed by atoms with Crippen LogP contribution in [0.25, 0.3) is 5.73 Å². The maximum absolute atomic E-state index is 11.0. The van der Waals surface area contributed by atoms with Crippen molar-refractivity contribution in [2.75, 3.05) is 13.1 Å². The van der Waals surface area contributed by atoms with Crippen LogP contribution in [0.1, 0.15) is 19.8 Å². The zero-order valence-corrected chi connectivity index (χ0v) is 11.7. The van der Waals surface area contributed by atoms with Gasteiger partial charge in [-0.3, -0.25) is 4.79 Å². The van der Waals surface area contributed by atoms with Gasteiger partial charge in [-0.05, 0) is 0 Å². The number of hydrogen-bond donors (Lipinski definition) is 0. The number of amides is 1. The minimum atomic E-state index is -0.0319. The molecule has 1 N–H and O–H groups in total. The summed E-state index contributed by atoms with van der Waals surface area (Å²) in [6.45, 7) is 3.30. The predicted octanol–water partition coefficient (Wildman–Crippen LogP) is 1.04. The van der Waals surface area contributed by atoms with Crippen LogP contribution in [0, 0.1) is 0 Å². The number of likely N-dealkylation sites (tertiary alicyclic amines) is 1. The molecule has 71 valence electrons. The van der Waals surface area contributed by atoms with Crippen LogP contribution in [-0.4, -0.2) is 29.9 Å². The second-order valence-electron chi connectivity index (χ2n) is 2.68. The third-order valence-electron chi connectivity index (χ3n) is 1.84. The van der Waals surface area contributed by atoms with Crippen molar-refractivity contribution in [3.8, 4) is 0 Å². The SMILES string of the molecule is CCC(=O)N1CCC([NH-])C1.[Ru+].[W]. The van der Waals surface area contributed by atoms with Gasteiger partial charge in [-0.25, -0.2) is 0 Å². The van der Waals surface area contributed by atoms with E-state index in [4.69, 9.17) is 5.73 Å². The monoisotopic (exact) mass is 427 g/mol. The molecule has 1 rings (SSSR count). The third kappa shape index (κ3) is 4.11. The van der Waals surface area contributed by atoms with Crippen LogP contribution in [0.5, 0.6) is 0 Å². The van der Waals surface area contributed by atoms with E-state index in [2.05, 4.69) is 0 Å². The number of carbonyl (C=O) groups excluding carboxylic acids is 1. The van der Waals surface area contributed by atoms with Crippen molar-refractivity contribution >= 4 is 5.91 Å². The number of nitrogens with zero attached hydrogens (tertiary/aromatic N) is 1. The summed E-state index contributed by atoms with van der Waals surface area (Å²) in [5, 5.41) is 0. The van der Waals surface area contributed by atoms with Gasteiger partial charge in [0.1, 0.15) is 0 Å². The van der Waals surface area contributed by atoms with Crippen molar-refractivity contribution in [3.05, 3.63) is 5.73 Å². The molecular formula is C7H13N2ORuW. The Bertz CT molecular complexity index is 145. The average Bonchev–Trinajstić information content (AvgIpc) is 2.34. The molecule has 0 aromatic rings. The van der Waals surface area contributed by atoms with Gasteiger partial charge in [-0.1, -0.05) is 13.3 Å². The largest absolute Gasteiger partial charge is 1.00 e. The molecule has 1 heterocycles. The zero-order valence-electron chi connectivity index (χ0n) is 7.02. The Kier molecular flexibility index (Phi) is 9.10. The first kappa shape index (κ1) is 15.2. The number of hydrogen-bond acceptors (Lipinski definition) is 1. The molecule has 12 heavy (non-hydrogen) atoms. The molecule has 1 atom stereocenters. The minimum absolute atomic E-state index is 0. The Hall–Kier alpha value is 0.742. The quantitative estimate of drug-likeness (QED) is 0.579. The Labute approximate surface area is 100 Å². The predicted molar refractivity (Wildman–Crippen MR) is 39.6 cm³/mol. The molecule has 1 radical (unpaired) electrons. The van der Waals surface area contributed by atoms with E-state index < -0.39 is 0 Å². The Balaban J connectivity index is 0. The van der Waals surface area contributed by atoms with Gasteiger partial charge in [0, 0.05) is 40.6 Å². The van der Waals surface area contributed by atoms with Gasteiger partial charge in [0.25, 0.3) is 0 Å². The van der Waals surface area contributed by atoms with Crippen molar-refractivity contribution < 1.29 is 45.3 Å². The van der Waals surface area contributed by atoms with Crippen molar-refractivity contribution in [2.45, 2.75) is 25.8 Å². The minimum Gasteiger partial charge on any atom is -0.673 e. The van der Waals surface area contributed by atoms with Crippen LogP contribution < -0.4 is 0 Å². The number of carbonyl (C=O) groups is 1. The van der Waals surface area contributed by atoms with Crippen molar-refractivity contribution in [2.24, 2.45) is 0 Å². The third-order valence-corrected chi connectivity index (χ3v) is 1.84. The van der Waals surface area contributed by atoms with E-state index in [0.717, 1.165) is 13.0 Å². The molecule has 3 nitrogen and oxygen atoms in total. The van der Waals surface area contributed by atoms with E-state index in [1.807, 2.05) is 6.92 Å². The first-order valence-corrected chi connectivity index (χ1v) is 3.73. The molecule has 1 unspecified atom stereocenters. The van der Waals surface area contributed by atoms with Gasteiger partial charge >= 0.3 is 19.5 Å². The molecule has 1 amide bonds. The van der Waals surface area contributed by atoms with Crippen molar-refractivity contribution in [1.82, 2.24) is 4.90 Å². The molecule has 0 bridgehead atoms. The fourth-order valence-electron chi connectivity index (χ4n) is 1.21. The molecule has 0 spiro atoms. The standard InChI is InChI=1S/C7H13N2O.Ru.W/c1-2-7(10)9-4-3-6(8)5-9;;/h6,8H,2-5H2,1H3;;/q-1;+1;. The molecule has 1 aliphatic heterocycles. The molecule has 0 aromatic heterocycles. The molecule has 5 heteroatoms. The van der Waals surface area contributed by atoms with Gasteiger partial charge < -0.3 is 10.6 Å². The smallest absolute Gasteiger partial charge is 0.673 e. The van der Waals surface area contributed by atoms with Gasteiger partial charge in [0.2, 0.25) is 5.91 Å². The zero-order chi connectivity index (χ0) is 7.56. The summed E-state index contributed by atoms with van der Waals surface area (Å²) in [7, 11) is 0. The van der Waals surface area contributed by atoms with E-state index in [9.17, 15) is 4.79 Å². The first-order chi connectivity index (χ1) is 4.74. The second-order valence-corrected chi connectivity index (χ2v) is 2.68. The van der Waals surface area contributed by atoms with Crippen molar-refractivity contribution in [3.63, 3.8) is 0 Å². The number of rotatable bonds is 1. The maximum atomic E-state index is 11.0. The maximum Gasteiger partial charge on any atom is 1.00 e. The van der Waals surface area contributed by atoms with Crippen LogP contribution in [0.4, 0.5) is 0 Å².